The molecule has 0 unspecified atom stereocenters. The Morgan fingerprint density at radius 3 is 2.52 bits per heavy atom. The number of nitrogens with zero attached hydrogens (tertiary/aromatic N) is 1. The van der Waals surface area contributed by atoms with Crippen molar-refractivity contribution in [2.24, 2.45) is 7.05 Å². The maximum absolute atomic E-state index is 13.1. The van der Waals surface area contributed by atoms with Gasteiger partial charge < -0.3 is 15.0 Å². The monoisotopic (exact) mass is 442 g/mol. The van der Waals surface area contributed by atoms with E-state index in [2.05, 4.69) is 15.5 Å². The molecule has 0 aliphatic carbocycles. The largest absolute Gasteiger partial charge is 0.506 e. The van der Waals surface area contributed by atoms with Gasteiger partial charge in [0.1, 0.15) is 11.3 Å². The van der Waals surface area contributed by atoms with Gasteiger partial charge in [-0.2, -0.15) is 0 Å². The van der Waals surface area contributed by atoms with Crippen LogP contribution in [0.15, 0.2) is 57.6 Å². The SMILES string of the molecule is Cc1cccc2c1NC(=O)/C(=C/c1c(-c3c(O)c4ccccc4n(C)c3=O)[nH][nH]c1=O)C2=O. The number of ketones is 1. The van der Waals surface area contributed by atoms with Crippen molar-refractivity contribution in [3.63, 3.8) is 0 Å². The van der Waals surface area contributed by atoms with Gasteiger partial charge in [0.2, 0.25) is 5.78 Å². The normalized spacial score (nSPS) is 14.5. The average Bonchev–Trinajstić information content (AvgIpc) is 3.16. The zero-order valence-corrected chi connectivity index (χ0v) is 17.6. The van der Waals surface area contributed by atoms with Crippen molar-refractivity contribution in [1.29, 1.82) is 0 Å². The van der Waals surface area contributed by atoms with Crippen LogP contribution in [0.4, 0.5) is 5.69 Å². The Morgan fingerprint density at radius 1 is 0.970 bits per heavy atom. The number of nitrogens with one attached hydrogen (secondary N) is 3. The lowest BCUT2D eigenvalue weighted by Crippen LogP contribution is -2.28. The summed E-state index contributed by atoms with van der Waals surface area (Å²) < 4.78 is 1.35. The topological polar surface area (TPSA) is 137 Å². The van der Waals surface area contributed by atoms with Gasteiger partial charge in [0.25, 0.3) is 17.0 Å². The summed E-state index contributed by atoms with van der Waals surface area (Å²) in [6.45, 7) is 1.77. The molecule has 2 aromatic carbocycles. The Balaban J connectivity index is 1.74. The van der Waals surface area contributed by atoms with Crippen LogP contribution in [0.25, 0.3) is 28.2 Å². The Morgan fingerprint density at radius 2 is 1.73 bits per heavy atom. The number of hydrogen-bond donors (Lipinski definition) is 4. The second kappa shape index (κ2) is 7.20. The summed E-state index contributed by atoms with van der Waals surface area (Å²) in [5.74, 6) is -1.52. The first-order chi connectivity index (χ1) is 15.8. The van der Waals surface area contributed by atoms with E-state index in [0.29, 0.717) is 22.2 Å². The van der Waals surface area contributed by atoms with Gasteiger partial charge in [0, 0.05) is 18.0 Å². The third-order valence-electron chi connectivity index (χ3n) is 5.87. The number of aromatic hydroxyl groups is 1. The Hall–Kier alpha value is -4.66. The number of para-hydroxylation sites is 2. The molecule has 3 heterocycles. The predicted octanol–water partition coefficient (Wildman–Crippen LogP) is 2.45. The number of benzene rings is 2. The second-order valence-electron chi connectivity index (χ2n) is 7.81. The van der Waals surface area contributed by atoms with Gasteiger partial charge >= 0.3 is 0 Å². The fourth-order valence-corrected chi connectivity index (χ4v) is 4.13. The third-order valence-corrected chi connectivity index (χ3v) is 5.87. The predicted molar refractivity (Wildman–Crippen MR) is 123 cm³/mol. The van der Waals surface area contributed by atoms with E-state index < -0.39 is 22.8 Å². The molecule has 1 aliphatic rings. The summed E-state index contributed by atoms with van der Waals surface area (Å²) in [5.41, 5.74) is 0.225. The molecule has 0 fully saturated rings. The van der Waals surface area contributed by atoms with Crippen molar-refractivity contribution < 1.29 is 14.7 Å². The molecule has 0 spiro atoms. The second-order valence-corrected chi connectivity index (χ2v) is 7.81. The van der Waals surface area contributed by atoms with Crippen molar-refractivity contribution in [2.45, 2.75) is 6.92 Å². The number of amides is 1. The number of fused-ring (bicyclic) bond motifs is 2. The number of H-pyrrole nitrogens is 2. The molecule has 9 nitrogen and oxygen atoms in total. The van der Waals surface area contributed by atoms with E-state index in [0.717, 1.165) is 11.6 Å². The van der Waals surface area contributed by atoms with E-state index in [9.17, 15) is 24.3 Å². The summed E-state index contributed by atoms with van der Waals surface area (Å²) in [6.07, 6.45) is 1.14. The van der Waals surface area contributed by atoms with Gasteiger partial charge in [-0.25, -0.2) is 0 Å². The molecule has 1 aliphatic heterocycles. The van der Waals surface area contributed by atoms with Crippen LogP contribution in [-0.2, 0) is 11.8 Å². The average molecular weight is 442 g/mol. The van der Waals surface area contributed by atoms with Gasteiger partial charge in [-0.15, -0.1) is 0 Å². The number of aryl methyl sites for hydroxylation is 2. The van der Waals surface area contributed by atoms with Crippen LogP contribution >= 0.6 is 0 Å². The smallest absolute Gasteiger partial charge is 0.271 e. The molecule has 9 heteroatoms. The molecule has 33 heavy (non-hydrogen) atoms. The van der Waals surface area contributed by atoms with Crippen molar-refractivity contribution >= 4 is 34.4 Å². The van der Waals surface area contributed by atoms with Crippen LogP contribution in [-0.4, -0.2) is 31.6 Å². The number of pyridine rings is 1. The summed E-state index contributed by atoms with van der Waals surface area (Å²) in [7, 11) is 1.55. The molecule has 0 bridgehead atoms. The molecule has 0 saturated carbocycles. The molecule has 4 N–H and O–H groups in total. The number of aromatic nitrogens is 3. The molecule has 164 valence electrons. The highest BCUT2D eigenvalue weighted by Gasteiger charge is 2.31. The highest BCUT2D eigenvalue weighted by molar-refractivity contribution is 6.36. The standard InChI is InChI=1S/C24H18N4O5/c1-11-6-5-8-13-18(11)25-22(31)15(20(13)29)10-14-19(26-27-23(14)32)17-21(30)12-7-3-4-9-16(12)28(2)24(17)33/h3-10,30H,1-2H3,(H,25,31)(H2,26,27,32)/b15-10+. The molecule has 0 atom stereocenters. The zero-order valence-electron chi connectivity index (χ0n) is 17.6. The minimum absolute atomic E-state index is 0.0213. The van der Waals surface area contributed by atoms with E-state index in [1.165, 1.54) is 4.57 Å². The van der Waals surface area contributed by atoms with E-state index in [-0.39, 0.29) is 28.1 Å². The number of Topliss-reactive ketones (excluding diaryl/α,β-unsaturated/α-hetero) is 1. The molecule has 0 radical (unpaired) electrons. The van der Waals surface area contributed by atoms with Crippen LogP contribution in [0.5, 0.6) is 5.75 Å². The summed E-state index contributed by atoms with van der Waals surface area (Å²) in [4.78, 5) is 51.5. The van der Waals surface area contributed by atoms with Crippen LogP contribution in [0.3, 0.4) is 0 Å². The number of anilines is 1. The van der Waals surface area contributed by atoms with Crippen LogP contribution in [0.1, 0.15) is 21.5 Å². The summed E-state index contributed by atoms with van der Waals surface area (Å²) >= 11 is 0. The van der Waals surface area contributed by atoms with E-state index in [1.807, 2.05) is 0 Å². The Labute approximate surface area is 186 Å². The van der Waals surface area contributed by atoms with Crippen molar-refractivity contribution in [3.8, 4) is 17.0 Å². The van der Waals surface area contributed by atoms with Crippen molar-refractivity contribution in [1.82, 2.24) is 14.8 Å². The van der Waals surface area contributed by atoms with Gasteiger partial charge in [-0.1, -0.05) is 24.3 Å². The summed E-state index contributed by atoms with van der Waals surface area (Å²) in [5, 5.41) is 19.0. The van der Waals surface area contributed by atoms with Gasteiger partial charge in [-0.05, 0) is 36.8 Å². The first kappa shape index (κ1) is 20.3. The minimum Gasteiger partial charge on any atom is -0.506 e. The van der Waals surface area contributed by atoms with E-state index >= 15 is 0 Å². The number of carbonyl (C=O) groups is 2. The summed E-state index contributed by atoms with van der Waals surface area (Å²) in [6, 6.07) is 11.8. The lowest BCUT2D eigenvalue weighted by Gasteiger charge is -2.19. The molecule has 1 amide bonds. The molecular weight excluding hydrogens is 424 g/mol. The third kappa shape index (κ3) is 2.93. The fraction of sp³-hybridized carbons (Fsp3) is 0.0833. The highest BCUT2D eigenvalue weighted by atomic mass is 16.3. The molecule has 0 saturated heterocycles. The first-order valence-electron chi connectivity index (χ1n) is 10.1. The molecular formula is C24H18N4O5. The number of aromatic amines is 2. The van der Waals surface area contributed by atoms with Crippen molar-refractivity contribution in [2.75, 3.05) is 5.32 Å². The Bertz CT molecular complexity index is 1650. The fourth-order valence-electron chi connectivity index (χ4n) is 4.13. The minimum atomic E-state index is -0.663. The van der Waals surface area contributed by atoms with Gasteiger partial charge in [0.15, 0.2) is 0 Å². The van der Waals surface area contributed by atoms with E-state index in [4.69, 9.17) is 0 Å². The van der Waals surface area contributed by atoms with Gasteiger partial charge in [-0.3, -0.25) is 29.4 Å². The van der Waals surface area contributed by atoms with E-state index in [1.54, 1.807) is 56.4 Å². The highest BCUT2D eigenvalue weighted by Crippen LogP contribution is 2.34. The number of carbonyl (C=O) groups excluding carboxylic acids is 2. The Kier molecular flexibility index (Phi) is 4.42. The number of hydrogen-bond acceptors (Lipinski definition) is 5. The first-order valence-corrected chi connectivity index (χ1v) is 10.1. The van der Waals surface area contributed by atoms with Crippen LogP contribution < -0.4 is 16.4 Å². The lowest BCUT2D eigenvalue weighted by molar-refractivity contribution is -0.112. The molecule has 2 aromatic heterocycles. The van der Waals surface area contributed by atoms with Crippen LogP contribution in [0, 0.1) is 6.92 Å². The zero-order chi connectivity index (χ0) is 23.4. The van der Waals surface area contributed by atoms with Crippen molar-refractivity contribution in [3.05, 3.63) is 85.4 Å². The quantitative estimate of drug-likeness (QED) is 0.279. The maximum Gasteiger partial charge on any atom is 0.271 e. The lowest BCUT2D eigenvalue weighted by atomic mass is 9.93. The number of rotatable bonds is 2. The maximum atomic E-state index is 13.1. The van der Waals surface area contributed by atoms with Gasteiger partial charge in [0.05, 0.1) is 28.0 Å². The molecule has 5 rings (SSSR count). The van der Waals surface area contributed by atoms with Crippen LogP contribution in [0.2, 0.25) is 0 Å². The molecule has 4 aromatic rings.